The smallest absolute Gasteiger partial charge is 0.125 e. The molecule has 0 aliphatic rings. The van der Waals surface area contributed by atoms with E-state index >= 15 is 0 Å². The van der Waals surface area contributed by atoms with Crippen molar-refractivity contribution in [3.8, 4) is 11.5 Å². The number of allylic oxidation sites excluding steroid dienone is 1. The van der Waals surface area contributed by atoms with Crippen LogP contribution in [0.1, 0.15) is 36.1 Å². The lowest BCUT2D eigenvalue weighted by molar-refractivity contribution is 0.0885. The van der Waals surface area contributed by atoms with Crippen LogP contribution in [0.4, 0.5) is 0 Å². The molecule has 0 saturated carbocycles. The molecule has 0 N–H and O–H groups in total. The van der Waals surface area contributed by atoms with Gasteiger partial charge in [0.25, 0.3) is 0 Å². The van der Waals surface area contributed by atoms with Crippen molar-refractivity contribution < 1.29 is 19.0 Å². The summed E-state index contributed by atoms with van der Waals surface area (Å²) in [7, 11) is 1.55. The molecule has 0 aliphatic carbocycles. The van der Waals surface area contributed by atoms with Crippen molar-refractivity contribution in [3.63, 3.8) is 0 Å². The molecule has 0 aliphatic heterocycles. The van der Waals surface area contributed by atoms with Gasteiger partial charge in [-0.1, -0.05) is 41.6 Å². The number of rotatable bonds is 11. The van der Waals surface area contributed by atoms with Crippen molar-refractivity contribution in [2.75, 3.05) is 26.9 Å². The summed E-state index contributed by atoms with van der Waals surface area (Å²) in [5, 5.41) is 3.94. The molecule has 2 aromatic rings. The number of oxime groups is 1. The molecule has 0 fully saturated rings. The molecular formula is C24H31NO4. The maximum absolute atomic E-state index is 5.94. The molecule has 0 aromatic heterocycles. The predicted molar refractivity (Wildman–Crippen MR) is 117 cm³/mol. The molecule has 2 aromatic carbocycles. The molecule has 0 bridgehead atoms. The molecule has 5 nitrogen and oxygen atoms in total. The van der Waals surface area contributed by atoms with Crippen LogP contribution in [0.3, 0.4) is 0 Å². The monoisotopic (exact) mass is 397 g/mol. The summed E-state index contributed by atoms with van der Waals surface area (Å²) < 4.78 is 17.4. The van der Waals surface area contributed by atoms with Gasteiger partial charge in [0.1, 0.15) is 31.8 Å². The fraction of sp³-hybridized carbons (Fsp3) is 0.375. The van der Waals surface area contributed by atoms with Crippen LogP contribution in [-0.2, 0) is 16.2 Å². The van der Waals surface area contributed by atoms with E-state index < -0.39 is 0 Å². The van der Waals surface area contributed by atoms with Crippen LogP contribution in [0.15, 0.2) is 53.7 Å². The maximum Gasteiger partial charge on any atom is 0.125 e. The lowest BCUT2D eigenvalue weighted by atomic mass is 10.1. The Balaban J connectivity index is 1.78. The highest BCUT2D eigenvalue weighted by molar-refractivity contribution is 5.98. The van der Waals surface area contributed by atoms with Gasteiger partial charge in [0.2, 0.25) is 0 Å². The SMILES string of the molecule is C/C=C/COc1cc(C)c(OCCOCc2ccc(C(C)=NOC)cc2)c(C)c1. The molecule has 0 saturated heterocycles. The lowest BCUT2D eigenvalue weighted by Crippen LogP contribution is -2.08. The summed E-state index contributed by atoms with van der Waals surface area (Å²) >= 11 is 0. The van der Waals surface area contributed by atoms with Crippen LogP contribution in [0.2, 0.25) is 0 Å². The summed E-state index contributed by atoms with van der Waals surface area (Å²) in [5.74, 6) is 1.75. The molecule has 0 amide bonds. The molecule has 0 radical (unpaired) electrons. The summed E-state index contributed by atoms with van der Waals surface area (Å²) in [6.07, 6.45) is 3.95. The van der Waals surface area contributed by atoms with Gasteiger partial charge in [0.05, 0.1) is 18.9 Å². The van der Waals surface area contributed by atoms with Crippen molar-refractivity contribution in [3.05, 3.63) is 70.8 Å². The second kappa shape index (κ2) is 11.9. The van der Waals surface area contributed by atoms with Crippen molar-refractivity contribution in [1.82, 2.24) is 0 Å². The van der Waals surface area contributed by atoms with Crippen molar-refractivity contribution in [1.29, 1.82) is 0 Å². The van der Waals surface area contributed by atoms with Crippen LogP contribution < -0.4 is 9.47 Å². The zero-order chi connectivity index (χ0) is 21.1. The Morgan fingerprint density at radius 2 is 1.69 bits per heavy atom. The van der Waals surface area contributed by atoms with E-state index in [4.69, 9.17) is 19.0 Å². The molecule has 29 heavy (non-hydrogen) atoms. The second-order valence-electron chi connectivity index (χ2n) is 6.72. The van der Waals surface area contributed by atoms with E-state index in [9.17, 15) is 0 Å². The Kier molecular flexibility index (Phi) is 9.25. The van der Waals surface area contributed by atoms with Gasteiger partial charge in [-0.2, -0.15) is 0 Å². The summed E-state index contributed by atoms with van der Waals surface area (Å²) in [6.45, 7) is 10.1. The first-order valence-electron chi connectivity index (χ1n) is 9.78. The number of aryl methyl sites for hydroxylation is 2. The van der Waals surface area contributed by atoms with Gasteiger partial charge in [-0.3, -0.25) is 0 Å². The summed E-state index contributed by atoms with van der Waals surface area (Å²) in [4.78, 5) is 4.80. The van der Waals surface area contributed by atoms with Crippen molar-refractivity contribution >= 4 is 5.71 Å². The first kappa shape index (κ1) is 22.5. The van der Waals surface area contributed by atoms with E-state index in [1.807, 2.05) is 76.2 Å². The highest BCUT2D eigenvalue weighted by Crippen LogP contribution is 2.28. The Morgan fingerprint density at radius 1 is 1.00 bits per heavy atom. The van der Waals surface area contributed by atoms with Crippen LogP contribution in [0.25, 0.3) is 0 Å². The fourth-order valence-corrected chi connectivity index (χ4v) is 2.89. The molecule has 0 unspecified atom stereocenters. The standard InChI is InChI=1S/C24H31NO4/c1-6-7-12-28-23-15-18(2)24(19(3)16-23)29-14-13-27-17-21-8-10-22(11-9-21)20(4)25-26-5/h6-11,15-16H,12-14,17H2,1-5H3/b7-6+,25-20?. The number of nitrogens with zero attached hydrogens (tertiary/aromatic N) is 1. The fourth-order valence-electron chi connectivity index (χ4n) is 2.89. The van der Waals surface area contributed by atoms with E-state index in [0.717, 1.165) is 39.5 Å². The lowest BCUT2D eigenvalue weighted by Gasteiger charge is -2.14. The highest BCUT2D eigenvalue weighted by atomic mass is 16.6. The molecular weight excluding hydrogens is 366 g/mol. The second-order valence-corrected chi connectivity index (χ2v) is 6.72. The molecule has 0 heterocycles. The first-order valence-corrected chi connectivity index (χ1v) is 9.78. The third kappa shape index (κ3) is 7.27. The Labute approximate surface area is 173 Å². The number of hydrogen-bond acceptors (Lipinski definition) is 5. The average Bonchev–Trinajstić information content (AvgIpc) is 2.70. The van der Waals surface area contributed by atoms with Gasteiger partial charge in [0.15, 0.2) is 0 Å². The van der Waals surface area contributed by atoms with Crippen molar-refractivity contribution in [2.24, 2.45) is 5.16 Å². The van der Waals surface area contributed by atoms with Gasteiger partial charge in [-0.25, -0.2) is 0 Å². The van der Waals surface area contributed by atoms with E-state index in [-0.39, 0.29) is 0 Å². The number of ether oxygens (including phenoxy) is 3. The van der Waals surface area contributed by atoms with E-state index in [1.165, 1.54) is 0 Å². The van der Waals surface area contributed by atoms with Crippen LogP contribution in [0.5, 0.6) is 11.5 Å². The third-order valence-corrected chi connectivity index (χ3v) is 4.36. The molecule has 156 valence electrons. The van der Waals surface area contributed by atoms with Gasteiger partial charge in [0, 0.05) is 0 Å². The third-order valence-electron chi connectivity index (χ3n) is 4.36. The maximum atomic E-state index is 5.94. The van der Waals surface area contributed by atoms with Gasteiger partial charge in [-0.15, -0.1) is 0 Å². The average molecular weight is 398 g/mol. The zero-order valence-electron chi connectivity index (χ0n) is 18.0. The van der Waals surface area contributed by atoms with Crippen LogP contribution in [-0.4, -0.2) is 32.6 Å². The summed E-state index contributed by atoms with van der Waals surface area (Å²) in [6, 6.07) is 12.1. The minimum Gasteiger partial charge on any atom is -0.491 e. The summed E-state index contributed by atoms with van der Waals surface area (Å²) in [5.41, 5.74) is 5.10. The predicted octanol–water partition coefficient (Wildman–Crippen LogP) is 5.22. The van der Waals surface area contributed by atoms with Gasteiger partial charge < -0.3 is 19.0 Å². The van der Waals surface area contributed by atoms with Crippen LogP contribution >= 0.6 is 0 Å². The van der Waals surface area contributed by atoms with Crippen molar-refractivity contribution in [2.45, 2.75) is 34.3 Å². The Morgan fingerprint density at radius 3 is 2.31 bits per heavy atom. The molecule has 0 atom stereocenters. The largest absolute Gasteiger partial charge is 0.491 e. The molecule has 2 rings (SSSR count). The minimum atomic E-state index is 0.498. The minimum absolute atomic E-state index is 0.498. The zero-order valence-corrected chi connectivity index (χ0v) is 18.0. The van der Waals surface area contributed by atoms with Gasteiger partial charge >= 0.3 is 0 Å². The van der Waals surface area contributed by atoms with Gasteiger partial charge in [-0.05, 0) is 62.1 Å². The first-order chi connectivity index (χ1) is 14.0. The van der Waals surface area contributed by atoms with E-state index in [1.54, 1.807) is 7.11 Å². The normalized spacial score (nSPS) is 11.7. The van der Waals surface area contributed by atoms with E-state index in [0.29, 0.717) is 26.4 Å². The number of hydrogen-bond donors (Lipinski definition) is 0. The quantitative estimate of drug-likeness (QED) is 0.226. The topological polar surface area (TPSA) is 49.3 Å². The number of benzene rings is 2. The molecule has 0 spiro atoms. The Bertz CT molecular complexity index is 802. The molecule has 5 heteroatoms. The van der Waals surface area contributed by atoms with E-state index in [2.05, 4.69) is 5.16 Å². The highest BCUT2D eigenvalue weighted by Gasteiger charge is 2.07. The van der Waals surface area contributed by atoms with Crippen LogP contribution in [0, 0.1) is 13.8 Å². The Hall–Kier alpha value is -2.79.